The lowest BCUT2D eigenvalue weighted by Crippen LogP contribution is -2.24. The highest BCUT2D eigenvalue weighted by molar-refractivity contribution is 5.85. The van der Waals surface area contributed by atoms with Gasteiger partial charge in [-0.05, 0) is 12.8 Å². The van der Waals surface area contributed by atoms with Gasteiger partial charge in [-0.1, -0.05) is 6.42 Å². The van der Waals surface area contributed by atoms with Gasteiger partial charge >= 0.3 is 0 Å². The van der Waals surface area contributed by atoms with E-state index < -0.39 is 0 Å². The summed E-state index contributed by atoms with van der Waals surface area (Å²) in [5.74, 6) is 0.162. The molecule has 1 aliphatic carbocycles. The van der Waals surface area contributed by atoms with Gasteiger partial charge < -0.3 is 10.5 Å². The summed E-state index contributed by atoms with van der Waals surface area (Å²) in [6.07, 6.45) is 4.15. The van der Waals surface area contributed by atoms with Crippen LogP contribution >= 0.6 is 12.4 Å². The predicted molar refractivity (Wildman–Crippen MR) is 38.6 cm³/mol. The molecule has 9 heavy (non-hydrogen) atoms. The molecule has 0 saturated heterocycles. The Labute approximate surface area is 61.2 Å². The number of halogens is 1. The van der Waals surface area contributed by atoms with Crippen molar-refractivity contribution < 1.29 is 4.79 Å². The summed E-state index contributed by atoms with van der Waals surface area (Å²) >= 11 is 0. The molecular formula is C6H12ClNO. The van der Waals surface area contributed by atoms with Gasteiger partial charge in [0.2, 0.25) is 0 Å². The van der Waals surface area contributed by atoms with Gasteiger partial charge in [-0.3, -0.25) is 0 Å². The Bertz CT molecular complexity index is 97.1. The van der Waals surface area contributed by atoms with Crippen LogP contribution in [0, 0.1) is 5.92 Å². The molecule has 1 rings (SSSR count). The molecule has 0 aliphatic heterocycles. The lowest BCUT2D eigenvalue weighted by Gasteiger charge is -2.04. The number of hydrogen-bond donors (Lipinski definition) is 1. The SMILES string of the molecule is Cl.N[C@H]1CCC[C@H]1C=O. The van der Waals surface area contributed by atoms with Crippen LogP contribution < -0.4 is 5.73 Å². The molecule has 0 radical (unpaired) electrons. The zero-order valence-electron chi connectivity index (χ0n) is 5.25. The minimum absolute atomic E-state index is 0. The molecule has 1 fully saturated rings. The second kappa shape index (κ2) is 3.85. The monoisotopic (exact) mass is 149 g/mol. The van der Waals surface area contributed by atoms with E-state index in [9.17, 15) is 4.79 Å². The van der Waals surface area contributed by atoms with Gasteiger partial charge in [0.15, 0.2) is 0 Å². The molecule has 0 heterocycles. The van der Waals surface area contributed by atoms with Gasteiger partial charge in [0.05, 0.1) is 0 Å². The van der Waals surface area contributed by atoms with Crippen LogP contribution in [-0.4, -0.2) is 12.3 Å². The van der Waals surface area contributed by atoms with E-state index >= 15 is 0 Å². The third-order valence-corrected chi connectivity index (χ3v) is 1.80. The fraction of sp³-hybridized carbons (Fsp3) is 0.833. The standard InChI is InChI=1S/C6H11NO.ClH/c7-6-3-1-2-5(6)4-8;/h4-6H,1-3,7H2;1H/t5-,6-;/m0./s1. The molecule has 0 aromatic heterocycles. The van der Waals surface area contributed by atoms with E-state index in [1.54, 1.807) is 0 Å². The molecule has 0 amide bonds. The zero-order chi connectivity index (χ0) is 5.98. The first kappa shape index (κ1) is 8.92. The molecule has 3 heteroatoms. The van der Waals surface area contributed by atoms with E-state index in [0.717, 1.165) is 25.5 Å². The number of aldehydes is 1. The van der Waals surface area contributed by atoms with E-state index in [0.29, 0.717) is 0 Å². The fourth-order valence-electron chi connectivity index (χ4n) is 1.19. The van der Waals surface area contributed by atoms with E-state index in [-0.39, 0.29) is 24.4 Å². The lowest BCUT2D eigenvalue weighted by molar-refractivity contribution is -0.111. The first-order valence-electron chi connectivity index (χ1n) is 3.05. The molecule has 2 atom stereocenters. The average molecular weight is 150 g/mol. The maximum absolute atomic E-state index is 10.1. The molecule has 2 N–H and O–H groups in total. The largest absolute Gasteiger partial charge is 0.327 e. The number of rotatable bonds is 1. The van der Waals surface area contributed by atoms with Crippen molar-refractivity contribution in [2.24, 2.45) is 11.7 Å². The van der Waals surface area contributed by atoms with Crippen molar-refractivity contribution in [3.8, 4) is 0 Å². The van der Waals surface area contributed by atoms with Crippen molar-refractivity contribution in [1.82, 2.24) is 0 Å². The molecule has 0 aromatic rings. The Kier molecular flexibility index (Phi) is 3.82. The average Bonchev–Trinajstić information content (AvgIpc) is 2.14. The van der Waals surface area contributed by atoms with Gasteiger partial charge in [-0.25, -0.2) is 0 Å². The third-order valence-electron chi connectivity index (χ3n) is 1.80. The second-order valence-electron chi connectivity index (χ2n) is 2.39. The zero-order valence-corrected chi connectivity index (χ0v) is 6.06. The van der Waals surface area contributed by atoms with E-state index in [4.69, 9.17) is 5.73 Å². The number of hydrogen-bond acceptors (Lipinski definition) is 2. The van der Waals surface area contributed by atoms with Crippen LogP contribution in [0.15, 0.2) is 0 Å². The quantitative estimate of drug-likeness (QED) is 0.559. The van der Waals surface area contributed by atoms with Gasteiger partial charge in [0, 0.05) is 12.0 Å². The normalized spacial score (nSPS) is 33.4. The van der Waals surface area contributed by atoms with Crippen LogP contribution in [0.3, 0.4) is 0 Å². The highest BCUT2D eigenvalue weighted by Gasteiger charge is 2.22. The highest BCUT2D eigenvalue weighted by atomic mass is 35.5. The summed E-state index contributed by atoms with van der Waals surface area (Å²) < 4.78 is 0. The lowest BCUT2D eigenvalue weighted by atomic mass is 10.1. The van der Waals surface area contributed by atoms with Crippen LogP contribution in [0.25, 0.3) is 0 Å². The van der Waals surface area contributed by atoms with Crippen LogP contribution in [0.2, 0.25) is 0 Å². The van der Waals surface area contributed by atoms with E-state index in [1.807, 2.05) is 0 Å². The molecule has 0 bridgehead atoms. The van der Waals surface area contributed by atoms with Gasteiger partial charge in [-0.2, -0.15) is 0 Å². The van der Waals surface area contributed by atoms with Crippen molar-refractivity contribution in [3.05, 3.63) is 0 Å². The first-order chi connectivity index (χ1) is 3.84. The molecule has 1 saturated carbocycles. The van der Waals surface area contributed by atoms with Crippen molar-refractivity contribution in [1.29, 1.82) is 0 Å². The predicted octanol–water partition coefficient (Wildman–Crippen LogP) is 0.734. The van der Waals surface area contributed by atoms with E-state index in [1.165, 1.54) is 0 Å². The number of carbonyl (C=O) groups is 1. The Morgan fingerprint density at radius 1 is 1.44 bits per heavy atom. The Morgan fingerprint density at radius 3 is 2.33 bits per heavy atom. The Balaban J connectivity index is 0.000000640. The number of nitrogens with two attached hydrogens (primary N) is 1. The summed E-state index contributed by atoms with van der Waals surface area (Å²) in [5.41, 5.74) is 5.56. The summed E-state index contributed by atoms with van der Waals surface area (Å²) in [4.78, 5) is 10.1. The molecule has 54 valence electrons. The maximum Gasteiger partial charge on any atom is 0.124 e. The summed E-state index contributed by atoms with van der Waals surface area (Å²) in [7, 11) is 0. The van der Waals surface area contributed by atoms with Crippen molar-refractivity contribution in [2.75, 3.05) is 0 Å². The fourth-order valence-corrected chi connectivity index (χ4v) is 1.19. The topological polar surface area (TPSA) is 43.1 Å². The molecule has 1 aliphatic rings. The molecule has 0 spiro atoms. The molecule has 0 aromatic carbocycles. The summed E-state index contributed by atoms with van der Waals surface area (Å²) in [6.45, 7) is 0. The Hall–Kier alpha value is -0.0800. The molecule has 2 nitrogen and oxygen atoms in total. The first-order valence-corrected chi connectivity index (χ1v) is 3.05. The van der Waals surface area contributed by atoms with Gasteiger partial charge in [-0.15, -0.1) is 12.4 Å². The number of carbonyl (C=O) groups excluding carboxylic acids is 1. The van der Waals surface area contributed by atoms with E-state index in [2.05, 4.69) is 0 Å². The molecule has 0 unspecified atom stereocenters. The minimum Gasteiger partial charge on any atom is -0.327 e. The summed E-state index contributed by atoms with van der Waals surface area (Å²) in [5, 5.41) is 0. The van der Waals surface area contributed by atoms with Crippen LogP contribution in [0.4, 0.5) is 0 Å². The van der Waals surface area contributed by atoms with Crippen molar-refractivity contribution in [2.45, 2.75) is 25.3 Å². The highest BCUT2D eigenvalue weighted by Crippen LogP contribution is 2.21. The summed E-state index contributed by atoms with van der Waals surface area (Å²) in [6, 6.07) is 0.160. The van der Waals surface area contributed by atoms with Crippen LogP contribution in [0.1, 0.15) is 19.3 Å². The van der Waals surface area contributed by atoms with Crippen LogP contribution in [0.5, 0.6) is 0 Å². The van der Waals surface area contributed by atoms with Crippen LogP contribution in [-0.2, 0) is 4.79 Å². The van der Waals surface area contributed by atoms with Gasteiger partial charge in [0.1, 0.15) is 6.29 Å². The minimum atomic E-state index is 0. The third kappa shape index (κ3) is 1.95. The molecular weight excluding hydrogens is 138 g/mol. The van der Waals surface area contributed by atoms with Crippen molar-refractivity contribution >= 4 is 18.7 Å². The second-order valence-corrected chi connectivity index (χ2v) is 2.39. The smallest absolute Gasteiger partial charge is 0.124 e. The van der Waals surface area contributed by atoms with Crippen molar-refractivity contribution in [3.63, 3.8) is 0 Å². The maximum atomic E-state index is 10.1. The van der Waals surface area contributed by atoms with Gasteiger partial charge in [0.25, 0.3) is 0 Å². The Morgan fingerprint density at radius 2 is 2.11 bits per heavy atom.